The Labute approximate surface area is 216 Å². The normalized spacial score (nSPS) is 15.4. The van der Waals surface area contributed by atoms with E-state index in [9.17, 15) is 9.59 Å². The number of para-hydroxylation sites is 1. The number of allylic oxidation sites excluding steroid dienone is 1. The summed E-state index contributed by atoms with van der Waals surface area (Å²) < 4.78 is 23.3. The second kappa shape index (κ2) is 11.1. The smallest absolute Gasteiger partial charge is 0.338 e. The zero-order chi connectivity index (χ0) is 25.8. The summed E-state index contributed by atoms with van der Waals surface area (Å²) in [5.74, 6) is 0.505. The molecule has 0 saturated heterocycles. The topological polar surface area (TPSA) is 88.4 Å². The van der Waals surface area contributed by atoms with Gasteiger partial charge >= 0.3 is 5.97 Å². The number of fused-ring (bicyclic) bond motifs is 1. The summed E-state index contributed by atoms with van der Waals surface area (Å²) in [5, 5.41) is 0.543. The predicted octanol–water partition coefficient (Wildman–Crippen LogP) is 3.10. The van der Waals surface area contributed by atoms with Gasteiger partial charge in [0, 0.05) is 17.7 Å². The van der Waals surface area contributed by atoms with E-state index in [4.69, 9.17) is 30.5 Å². The van der Waals surface area contributed by atoms with Crippen molar-refractivity contribution in [3.8, 4) is 11.5 Å². The minimum Gasteiger partial charge on any atom is -0.493 e. The molecule has 0 amide bonds. The lowest BCUT2D eigenvalue weighted by atomic mass is 9.96. The van der Waals surface area contributed by atoms with Gasteiger partial charge in [-0.05, 0) is 36.8 Å². The average Bonchev–Trinajstić information content (AvgIpc) is 3.17. The fourth-order valence-electron chi connectivity index (χ4n) is 4.01. The maximum atomic E-state index is 13.7. The number of nitrogens with zero attached hydrogens (tertiary/aromatic N) is 2. The van der Waals surface area contributed by atoms with E-state index >= 15 is 0 Å². The summed E-state index contributed by atoms with van der Waals surface area (Å²) in [5.41, 5.74) is 1.85. The van der Waals surface area contributed by atoms with Crippen molar-refractivity contribution in [1.29, 1.82) is 0 Å². The standard InChI is InChI=1S/C26H25ClN2O6S/c1-15-21(25(31)35-13-12-32-2)22(16-8-10-18(27)11-9-16)29-24(30)20(36-26(29)28-15)14-17-6-5-7-19(33-3)23(17)34-4/h5-11,14,22H,12-13H2,1-4H3. The summed E-state index contributed by atoms with van der Waals surface area (Å²) in [6, 6.07) is 11.7. The number of carbonyl (C=O) groups is 1. The molecule has 1 aromatic heterocycles. The summed E-state index contributed by atoms with van der Waals surface area (Å²) in [6.07, 6.45) is 1.74. The Balaban J connectivity index is 1.91. The van der Waals surface area contributed by atoms with Crippen molar-refractivity contribution in [2.75, 3.05) is 34.5 Å². The number of rotatable bonds is 8. The lowest BCUT2D eigenvalue weighted by Crippen LogP contribution is -2.40. The average molecular weight is 529 g/mol. The van der Waals surface area contributed by atoms with Crippen LogP contribution in [-0.2, 0) is 14.3 Å². The highest BCUT2D eigenvalue weighted by molar-refractivity contribution is 7.07. The largest absolute Gasteiger partial charge is 0.493 e. The van der Waals surface area contributed by atoms with Gasteiger partial charge in [-0.1, -0.05) is 47.2 Å². The fourth-order valence-corrected chi connectivity index (χ4v) is 5.17. The third-order valence-electron chi connectivity index (χ3n) is 5.67. The number of aromatic nitrogens is 1. The maximum absolute atomic E-state index is 13.7. The molecule has 0 aliphatic carbocycles. The van der Waals surface area contributed by atoms with Crippen molar-refractivity contribution in [3.63, 3.8) is 0 Å². The molecule has 36 heavy (non-hydrogen) atoms. The van der Waals surface area contributed by atoms with Gasteiger partial charge < -0.3 is 18.9 Å². The van der Waals surface area contributed by atoms with Crippen LogP contribution in [0.5, 0.6) is 11.5 Å². The van der Waals surface area contributed by atoms with Crippen LogP contribution in [0, 0.1) is 0 Å². The molecule has 8 nitrogen and oxygen atoms in total. The van der Waals surface area contributed by atoms with Crippen molar-refractivity contribution in [3.05, 3.63) is 89.6 Å². The lowest BCUT2D eigenvalue weighted by Gasteiger charge is -2.24. The summed E-state index contributed by atoms with van der Waals surface area (Å²) >= 11 is 7.34. The SMILES string of the molecule is COCCOC(=O)C1=C(C)N=c2sc(=Cc3cccc(OC)c3OC)c(=O)n2C1c1ccc(Cl)cc1. The van der Waals surface area contributed by atoms with Gasteiger partial charge in [-0.25, -0.2) is 9.79 Å². The zero-order valence-electron chi connectivity index (χ0n) is 20.2. The summed E-state index contributed by atoms with van der Waals surface area (Å²) in [6.45, 7) is 2.07. The molecule has 0 bridgehead atoms. The van der Waals surface area contributed by atoms with Crippen LogP contribution in [0.1, 0.15) is 24.1 Å². The van der Waals surface area contributed by atoms with Crippen molar-refractivity contribution < 1.29 is 23.7 Å². The summed E-state index contributed by atoms with van der Waals surface area (Å²) in [4.78, 5) is 31.9. The highest BCUT2D eigenvalue weighted by Crippen LogP contribution is 2.32. The molecular weight excluding hydrogens is 504 g/mol. The van der Waals surface area contributed by atoms with Gasteiger partial charge in [-0.3, -0.25) is 9.36 Å². The van der Waals surface area contributed by atoms with E-state index in [1.807, 2.05) is 12.1 Å². The van der Waals surface area contributed by atoms with Gasteiger partial charge in [0.05, 0.1) is 42.7 Å². The van der Waals surface area contributed by atoms with Crippen molar-refractivity contribution in [2.24, 2.45) is 4.99 Å². The summed E-state index contributed by atoms with van der Waals surface area (Å²) in [7, 11) is 4.62. The second-order valence-electron chi connectivity index (χ2n) is 7.84. The number of hydrogen-bond acceptors (Lipinski definition) is 8. The van der Waals surface area contributed by atoms with E-state index in [1.54, 1.807) is 57.6 Å². The van der Waals surface area contributed by atoms with Gasteiger partial charge in [0.15, 0.2) is 16.3 Å². The predicted molar refractivity (Wildman–Crippen MR) is 138 cm³/mol. The minimum atomic E-state index is -0.733. The van der Waals surface area contributed by atoms with Gasteiger partial charge in [-0.2, -0.15) is 0 Å². The Hall–Kier alpha value is -3.40. The van der Waals surface area contributed by atoms with E-state index in [2.05, 4.69) is 4.99 Å². The molecule has 2 aromatic carbocycles. The number of thiazole rings is 1. The molecule has 0 saturated carbocycles. The third-order valence-corrected chi connectivity index (χ3v) is 6.90. The molecule has 1 aliphatic heterocycles. The highest BCUT2D eigenvalue weighted by atomic mass is 35.5. The zero-order valence-corrected chi connectivity index (χ0v) is 21.8. The number of benzene rings is 2. The molecule has 1 aliphatic rings. The van der Waals surface area contributed by atoms with E-state index in [-0.39, 0.29) is 24.3 Å². The molecule has 1 atom stereocenters. The number of carbonyl (C=O) groups excluding carboxylic acids is 1. The molecule has 188 valence electrons. The molecule has 1 unspecified atom stereocenters. The van der Waals surface area contributed by atoms with Gasteiger partial charge in [0.25, 0.3) is 5.56 Å². The van der Waals surface area contributed by atoms with E-state index < -0.39 is 12.0 Å². The molecule has 4 rings (SSSR count). The molecular formula is C26H25ClN2O6S. The minimum absolute atomic E-state index is 0.0828. The van der Waals surface area contributed by atoms with Crippen molar-refractivity contribution in [2.45, 2.75) is 13.0 Å². The Morgan fingerprint density at radius 1 is 1.11 bits per heavy atom. The van der Waals surface area contributed by atoms with Crippen molar-refractivity contribution >= 4 is 35.0 Å². The Morgan fingerprint density at radius 2 is 1.86 bits per heavy atom. The number of halogens is 1. The van der Waals surface area contributed by atoms with Crippen LogP contribution < -0.4 is 24.4 Å². The lowest BCUT2D eigenvalue weighted by molar-refractivity contribution is -0.140. The second-order valence-corrected chi connectivity index (χ2v) is 9.29. The first-order chi connectivity index (χ1) is 17.4. The number of hydrogen-bond donors (Lipinski definition) is 0. The quantitative estimate of drug-likeness (QED) is 0.330. The van der Waals surface area contributed by atoms with Gasteiger partial charge in [0.1, 0.15) is 6.61 Å². The fraction of sp³-hybridized carbons (Fsp3) is 0.269. The number of methoxy groups -OCH3 is 3. The van der Waals surface area contributed by atoms with Gasteiger partial charge in [-0.15, -0.1) is 0 Å². The van der Waals surface area contributed by atoms with Crippen LogP contribution in [0.3, 0.4) is 0 Å². The number of esters is 1. The van der Waals surface area contributed by atoms with Crippen LogP contribution in [0.25, 0.3) is 6.08 Å². The van der Waals surface area contributed by atoms with Gasteiger partial charge in [0.2, 0.25) is 0 Å². The molecule has 0 N–H and O–H groups in total. The molecule has 2 heterocycles. The first-order valence-electron chi connectivity index (χ1n) is 11.0. The Morgan fingerprint density at radius 3 is 2.53 bits per heavy atom. The van der Waals surface area contributed by atoms with E-state index in [1.165, 1.54) is 23.0 Å². The third kappa shape index (κ3) is 4.95. The molecule has 0 spiro atoms. The van der Waals surface area contributed by atoms with Crippen LogP contribution in [0.2, 0.25) is 5.02 Å². The first-order valence-corrected chi connectivity index (χ1v) is 12.2. The first kappa shape index (κ1) is 25.7. The Kier molecular flexibility index (Phi) is 7.93. The van der Waals surface area contributed by atoms with E-state index in [0.717, 1.165) is 0 Å². The molecule has 0 radical (unpaired) electrons. The highest BCUT2D eigenvalue weighted by Gasteiger charge is 2.33. The molecule has 3 aromatic rings. The van der Waals surface area contributed by atoms with Crippen molar-refractivity contribution in [1.82, 2.24) is 4.57 Å². The van der Waals surface area contributed by atoms with E-state index in [0.29, 0.717) is 42.7 Å². The monoisotopic (exact) mass is 528 g/mol. The Bertz CT molecular complexity index is 1490. The van der Waals surface area contributed by atoms with Crippen LogP contribution in [0.15, 0.2) is 63.5 Å². The van der Waals surface area contributed by atoms with Crippen LogP contribution in [0.4, 0.5) is 0 Å². The van der Waals surface area contributed by atoms with Crippen LogP contribution in [-0.4, -0.2) is 45.1 Å². The van der Waals surface area contributed by atoms with Crippen LogP contribution >= 0.6 is 22.9 Å². The maximum Gasteiger partial charge on any atom is 0.338 e. The molecule has 10 heteroatoms. The number of ether oxygens (including phenoxy) is 4. The molecule has 0 fully saturated rings.